The third kappa shape index (κ3) is 4.96. The number of piperidine rings is 1. The first-order chi connectivity index (χ1) is 14.6. The number of nitro benzene ring substituents is 1. The molecule has 0 radical (unpaired) electrons. The zero-order valence-corrected chi connectivity index (χ0v) is 18.2. The molecule has 31 heavy (non-hydrogen) atoms. The number of carbonyl (C=O) groups excluding carboxylic acids is 1. The molecule has 2 N–H and O–H groups in total. The van der Waals surface area contributed by atoms with Crippen molar-refractivity contribution in [2.45, 2.75) is 31.6 Å². The standard InChI is InChI=1S/C21H25N3O6S/c1-3-31(29,30)16-7-9-20(25)17(12-16)22-21(26)15-6-8-18(19(11-15)24(27)28)23-10-4-5-14(2)13-23/h6-9,11-12,14,25H,3-5,10,13H2,1-2H3,(H,22,26). The molecule has 1 aliphatic heterocycles. The number of nitrogens with one attached hydrogen (secondary N) is 1. The van der Waals surface area contributed by atoms with E-state index in [-0.39, 0.29) is 33.3 Å². The molecule has 1 aliphatic rings. The molecule has 2 aromatic carbocycles. The topological polar surface area (TPSA) is 130 Å². The molecule has 1 saturated heterocycles. The molecule has 0 saturated carbocycles. The lowest BCUT2D eigenvalue weighted by Gasteiger charge is -2.32. The summed E-state index contributed by atoms with van der Waals surface area (Å²) in [6, 6.07) is 7.85. The second-order valence-corrected chi connectivity index (χ2v) is 9.97. The molecule has 1 amide bonds. The van der Waals surface area contributed by atoms with Crippen molar-refractivity contribution in [3.05, 3.63) is 52.1 Å². The van der Waals surface area contributed by atoms with Crippen molar-refractivity contribution >= 4 is 32.8 Å². The summed E-state index contributed by atoms with van der Waals surface area (Å²) >= 11 is 0. The van der Waals surface area contributed by atoms with Gasteiger partial charge in [0.05, 0.1) is 21.3 Å². The molecule has 166 valence electrons. The molecule has 2 aromatic rings. The van der Waals surface area contributed by atoms with Crippen molar-refractivity contribution < 1.29 is 23.2 Å². The maximum atomic E-state index is 12.7. The van der Waals surface area contributed by atoms with Crippen LogP contribution in [-0.2, 0) is 9.84 Å². The number of nitrogens with zero attached hydrogens (tertiary/aromatic N) is 2. The summed E-state index contributed by atoms with van der Waals surface area (Å²) in [7, 11) is -3.54. The Bertz CT molecular complexity index is 1120. The zero-order valence-electron chi connectivity index (χ0n) is 17.4. The van der Waals surface area contributed by atoms with Crippen molar-refractivity contribution in [2.24, 2.45) is 5.92 Å². The lowest BCUT2D eigenvalue weighted by Crippen LogP contribution is -2.34. The normalized spacial score (nSPS) is 16.7. The average Bonchev–Trinajstić information content (AvgIpc) is 2.74. The van der Waals surface area contributed by atoms with E-state index in [0.717, 1.165) is 12.8 Å². The maximum absolute atomic E-state index is 12.7. The highest BCUT2D eigenvalue weighted by atomic mass is 32.2. The number of sulfone groups is 1. The smallest absolute Gasteiger partial charge is 0.293 e. The van der Waals surface area contributed by atoms with Crippen molar-refractivity contribution in [3.63, 3.8) is 0 Å². The van der Waals surface area contributed by atoms with E-state index >= 15 is 0 Å². The number of hydrogen-bond donors (Lipinski definition) is 2. The number of amides is 1. The first-order valence-electron chi connectivity index (χ1n) is 10.0. The van der Waals surface area contributed by atoms with E-state index < -0.39 is 20.7 Å². The molecule has 3 rings (SSSR count). The van der Waals surface area contributed by atoms with Crippen LogP contribution in [-0.4, -0.2) is 43.2 Å². The lowest BCUT2D eigenvalue weighted by molar-refractivity contribution is -0.384. The third-order valence-corrected chi connectivity index (χ3v) is 7.12. The van der Waals surface area contributed by atoms with Gasteiger partial charge in [0.25, 0.3) is 11.6 Å². The molecule has 0 bridgehead atoms. The highest BCUT2D eigenvalue weighted by Gasteiger charge is 2.25. The molecule has 1 heterocycles. The number of benzene rings is 2. The fraction of sp³-hybridized carbons (Fsp3) is 0.381. The number of rotatable bonds is 6. The van der Waals surface area contributed by atoms with Gasteiger partial charge in [-0.1, -0.05) is 13.8 Å². The number of carbonyl (C=O) groups is 1. The molecule has 0 aromatic heterocycles. The second-order valence-electron chi connectivity index (χ2n) is 7.69. The van der Waals surface area contributed by atoms with E-state index in [4.69, 9.17) is 0 Å². The number of hydrogen-bond acceptors (Lipinski definition) is 7. The number of phenols is 1. The first kappa shape index (κ1) is 22.5. The van der Waals surface area contributed by atoms with Crippen LogP contribution in [0.2, 0.25) is 0 Å². The Hall–Kier alpha value is -3.14. The van der Waals surface area contributed by atoms with Crippen LogP contribution in [0.4, 0.5) is 17.1 Å². The quantitative estimate of drug-likeness (QED) is 0.393. The van der Waals surface area contributed by atoms with Crippen LogP contribution in [0.3, 0.4) is 0 Å². The second kappa shape index (κ2) is 8.93. The van der Waals surface area contributed by atoms with Gasteiger partial charge in [-0.05, 0) is 49.1 Å². The van der Waals surface area contributed by atoms with Crippen molar-refractivity contribution in [3.8, 4) is 5.75 Å². The minimum atomic E-state index is -3.54. The van der Waals surface area contributed by atoms with Gasteiger partial charge in [-0.3, -0.25) is 14.9 Å². The summed E-state index contributed by atoms with van der Waals surface area (Å²) in [6.07, 6.45) is 2.01. The van der Waals surface area contributed by atoms with Crippen LogP contribution in [0, 0.1) is 16.0 Å². The zero-order chi connectivity index (χ0) is 22.8. The minimum Gasteiger partial charge on any atom is -0.506 e. The van der Waals surface area contributed by atoms with Gasteiger partial charge < -0.3 is 15.3 Å². The predicted octanol–water partition coefficient (Wildman–Crippen LogP) is 3.58. The Morgan fingerprint density at radius 2 is 2.03 bits per heavy atom. The number of anilines is 2. The van der Waals surface area contributed by atoms with Gasteiger partial charge in [-0.15, -0.1) is 0 Å². The summed E-state index contributed by atoms with van der Waals surface area (Å²) in [5.74, 6) is -0.709. The average molecular weight is 448 g/mol. The highest BCUT2D eigenvalue weighted by Crippen LogP contribution is 2.33. The highest BCUT2D eigenvalue weighted by molar-refractivity contribution is 7.91. The fourth-order valence-electron chi connectivity index (χ4n) is 3.66. The van der Waals surface area contributed by atoms with E-state index in [9.17, 15) is 28.4 Å². The molecule has 0 aliphatic carbocycles. The Kier molecular flexibility index (Phi) is 6.49. The van der Waals surface area contributed by atoms with Gasteiger partial charge in [-0.25, -0.2) is 8.42 Å². The summed E-state index contributed by atoms with van der Waals surface area (Å²) in [5.41, 5.74) is 0.236. The molecule has 10 heteroatoms. The Labute approximate surface area is 180 Å². The van der Waals surface area contributed by atoms with Gasteiger partial charge >= 0.3 is 0 Å². The number of aromatic hydroxyl groups is 1. The monoisotopic (exact) mass is 447 g/mol. The number of phenolic OH excluding ortho intramolecular Hbond substituents is 1. The van der Waals surface area contributed by atoms with Gasteiger partial charge in [-0.2, -0.15) is 0 Å². The van der Waals surface area contributed by atoms with Crippen molar-refractivity contribution in [2.75, 3.05) is 29.1 Å². The van der Waals surface area contributed by atoms with Gasteiger partial charge in [0.15, 0.2) is 9.84 Å². The molecule has 0 spiro atoms. The van der Waals surface area contributed by atoms with Gasteiger partial charge in [0.2, 0.25) is 0 Å². The van der Waals surface area contributed by atoms with Crippen LogP contribution in [0.25, 0.3) is 0 Å². The van der Waals surface area contributed by atoms with E-state index in [2.05, 4.69) is 12.2 Å². The largest absolute Gasteiger partial charge is 0.506 e. The Morgan fingerprint density at radius 3 is 2.68 bits per heavy atom. The van der Waals surface area contributed by atoms with Gasteiger partial charge in [0.1, 0.15) is 11.4 Å². The van der Waals surface area contributed by atoms with E-state index in [1.165, 1.54) is 37.3 Å². The van der Waals surface area contributed by atoms with Crippen LogP contribution in [0.1, 0.15) is 37.0 Å². The molecule has 1 unspecified atom stereocenters. The summed E-state index contributed by atoms with van der Waals surface area (Å²) < 4.78 is 24.2. The number of nitro groups is 1. The SMILES string of the molecule is CCS(=O)(=O)c1ccc(O)c(NC(=O)c2ccc(N3CCCC(C)C3)c([N+](=O)[O-])c2)c1. The molecular formula is C21H25N3O6S. The van der Waals surface area contributed by atoms with Crippen LogP contribution < -0.4 is 10.2 Å². The predicted molar refractivity (Wildman–Crippen MR) is 117 cm³/mol. The fourth-order valence-corrected chi connectivity index (χ4v) is 4.56. The molecular weight excluding hydrogens is 422 g/mol. The Morgan fingerprint density at radius 1 is 1.29 bits per heavy atom. The lowest BCUT2D eigenvalue weighted by atomic mass is 9.99. The molecule has 1 fully saturated rings. The van der Waals surface area contributed by atoms with E-state index in [0.29, 0.717) is 24.7 Å². The summed E-state index contributed by atoms with van der Waals surface area (Å²) in [5, 5.41) is 24.1. The van der Waals surface area contributed by atoms with Crippen LogP contribution in [0.5, 0.6) is 5.75 Å². The first-order valence-corrected chi connectivity index (χ1v) is 11.7. The van der Waals surface area contributed by atoms with E-state index in [1.54, 1.807) is 6.07 Å². The van der Waals surface area contributed by atoms with Gasteiger partial charge in [0, 0.05) is 24.7 Å². The van der Waals surface area contributed by atoms with E-state index in [1.807, 2.05) is 4.90 Å². The molecule has 1 atom stereocenters. The summed E-state index contributed by atoms with van der Waals surface area (Å²) in [6.45, 7) is 5.01. The Balaban J connectivity index is 1.90. The third-order valence-electron chi connectivity index (χ3n) is 5.39. The van der Waals surface area contributed by atoms with Crippen LogP contribution >= 0.6 is 0 Å². The minimum absolute atomic E-state index is 0.0312. The van der Waals surface area contributed by atoms with Crippen molar-refractivity contribution in [1.82, 2.24) is 0 Å². The molecule has 9 nitrogen and oxygen atoms in total. The van der Waals surface area contributed by atoms with Crippen LogP contribution in [0.15, 0.2) is 41.3 Å². The maximum Gasteiger partial charge on any atom is 0.293 e. The summed E-state index contributed by atoms with van der Waals surface area (Å²) in [4.78, 5) is 25.8. The van der Waals surface area contributed by atoms with Crippen molar-refractivity contribution in [1.29, 1.82) is 0 Å².